The molecule has 3 nitrogen and oxygen atoms in total. The fourth-order valence-corrected chi connectivity index (χ4v) is 2.04. The number of amides is 1. The van der Waals surface area contributed by atoms with Crippen LogP contribution in [0.15, 0.2) is 24.3 Å². The number of benzene rings is 1. The second-order valence-corrected chi connectivity index (χ2v) is 6.38. The largest absolute Gasteiger partial charge is 0.348 e. The van der Waals surface area contributed by atoms with Gasteiger partial charge in [-0.3, -0.25) is 4.79 Å². The third-order valence-corrected chi connectivity index (χ3v) is 3.34. The van der Waals surface area contributed by atoms with Gasteiger partial charge in [-0.25, -0.2) is 0 Å². The number of hydrogen-bond donors (Lipinski definition) is 2. The highest BCUT2D eigenvalue weighted by Crippen LogP contribution is 2.19. The minimum Gasteiger partial charge on any atom is -0.348 e. The van der Waals surface area contributed by atoms with Crippen LogP contribution in [-0.4, -0.2) is 18.5 Å². The highest BCUT2D eigenvalue weighted by Gasteiger charge is 2.25. The van der Waals surface area contributed by atoms with Crippen LogP contribution in [0.1, 0.15) is 31.1 Å². The quantitative estimate of drug-likeness (QED) is 0.826. The monoisotopic (exact) mass is 346 g/mol. The second-order valence-electron chi connectivity index (χ2n) is 5.14. The summed E-state index contributed by atoms with van der Waals surface area (Å²) in [6.45, 7) is 6.65. The molecule has 4 heteroatoms. The maximum atomic E-state index is 12.0. The van der Waals surface area contributed by atoms with Gasteiger partial charge < -0.3 is 11.1 Å². The van der Waals surface area contributed by atoms with E-state index in [9.17, 15) is 4.79 Å². The second kappa shape index (κ2) is 5.82. The molecule has 0 saturated carbocycles. The molecule has 3 N–H and O–H groups in total. The Bertz CT molecular complexity index is 399. The summed E-state index contributed by atoms with van der Waals surface area (Å²) in [5, 5.41) is 2.98. The summed E-state index contributed by atoms with van der Waals surface area (Å²) in [6.07, 6.45) is 0. The van der Waals surface area contributed by atoms with Crippen LogP contribution in [0, 0.1) is 8.99 Å². The highest BCUT2D eigenvalue weighted by molar-refractivity contribution is 14.1. The molecule has 1 amide bonds. The van der Waals surface area contributed by atoms with Crippen LogP contribution in [0.2, 0.25) is 0 Å². The molecule has 1 aromatic rings. The van der Waals surface area contributed by atoms with Crippen LogP contribution in [0.5, 0.6) is 0 Å². The number of carbonyl (C=O) groups excluding carboxylic acids is 1. The maximum Gasteiger partial charge on any atom is 0.251 e. The third-order valence-electron chi connectivity index (χ3n) is 2.67. The lowest BCUT2D eigenvalue weighted by Gasteiger charge is -2.30. The van der Waals surface area contributed by atoms with Crippen molar-refractivity contribution in [3.8, 4) is 0 Å². The molecule has 0 heterocycles. The molecule has 1 aromatic carbocycles. The Hall–Kier alpha value is -0.620. The zero-order chi connectivity index (χ0) is 13.1. The van der Waals surface area contributed by atoms with E-state index in [1.54, 1.807) is 0 Å². The van der Waals surface area contributed by atoms with Crippen LogP contribution in [0.4, 0.5) is 0 Å². The number of nitrogens with one attached hydrogen (secondary N) is 1. The van der Waals surface area contributed by atoms with Gasteiger partial charge in [0.15, 0.2) is 0 Å². The first-order valence-corrected chi connectivity index (χ1v) is 6.69. The van der Waals surface area contributed by atoms with E-state index < -0.39 is 0 Å². The van der Waals surface area contributed by atoms with Gasteiger partial charge in [0.25, 0.3) is 5.91 Å². The zero-order valence-electron chi connectivity index (χ0n) is 10.5. The molecule has 0 aliphatic rings. The Morgan fingerprint density at radius 3 is 2.59 bits per heavy atom. The van der Waals surface area contributed by atoms with Crippen molar-refractivity contribution in [2.75, 3.05) is 6.54 Å². The molecule has 0 fully saturated rings. The van der Waals surface area contributed by atoms with Crippen molar-refractivity contribution < 1.29 is 4.79 Å². The van der Waals surface area contributed by atoms with E-state index in [1.165, 1.54) is 0 Å². The lowest BCUT2D eigenvalue weighted by molar-refractivity contribution is 0.0905. The molecule has 1 atom stereocenters. The average molecular weight is 346 g/mol. The first-order chi connectivity index (χ1) is 7.84. The van der Waals surface area contributed by atoms with Crippen LogP contribution >= 0.6 is 22.6 Å². The zero-order valence-corrected chi connectivity index (χ0v) is 12.6. The summed E-state index contributed by atoms with van der Waals surface area (Å²) in [7, 11) is 0. The number of carbonyl (C=O) groups is 1. The molecule has 0 radical (unpaired) electrons. The van der Waals surface area contributed by atoms with Gasteiger partial charge in [0.05, 0.1) is 0 Å². The first kappa shape index (κ1) is 14.4. The van der Waals surface area contributed by atoms with Gasteiger partial charge in [-0.05, 0) is 46.2 Å². The summed E-state index contributed by atoms with van der Waals surface area (Å²) < 4.78 is 1.05. The van der Waals surface area contributed by atoms with Gasteiger partial charge >= 0.3 is 0 Å². The number of halogens is 1. The van der Waals surface area contributed by atoms with Gasteiger partial charge in [0.1, 0.15) is 0 Å². The van der Waals surface area contributed by atoms with Gasteiger partial charge in [-0.1, -0.05) is 26.8 Å². The Morgan fingerprint density at radius 2 is 2.12 bits per heavy atom. The molecule has 94 valence electrons. The molecule has 0 aliphatic heterocycles. The molecule has 0 aliphatic carbocycles. The predicted molar refractivity (Wildman–Crippen MR) is 78.9 cm³/mol. The van der Waals surface area contributed by atoms with E-state index in [-0.39, 0.29) is 17.4 Å². The molecular formula is C13H19IN2O. The predicted octanol–water partition coefficient (Wildman–Crippen LogP) is 2.39. The average Bonchev–Trinajstić information content (AvgIpc) is 2.23. The summed E-state index contributed by atoms with van der Waals surface area (Å²) in [5.41, 5.74) is 6.34. The molecule has 0 saturated heterocycles. The van der Waals surface area contributed by atoms with Gasteiger partial charge in [0, 0.05) is 21.7 Å². The third kappa shape index (κ3) is 4.27. The SMILES string of the molecule is CC(C)(C)C(CN)NC(=O)c1cccc(I)c1. The summed E-state index contributed by atoms with van der Waals surface area (Å²) in [5.74, 6) is -0.0612. The van der Waals surface area contributed by atoms with Gasteiger partial charge in [-0.15, -0.1) is 0 Å². The van der Waals surface area contributed by atoms with Crippen LogP contribution in [0.25, 0.3) is 0 Å². The number of hydrogen-bond acceptors (Lipinski definition) is 2. The number of rotatable bonds is 3. The minimum atomic E-state index is -0.0612. The van der Waals surface area contributed by atoms with Crippen molar-refractivity contribution in [1.82, 2.24) is 5.32 Å². The molecular weight excluding hydrogens is 327 g/mol. The van der Waals surface area contributed by atoms with E-state index in [1.807, 2.05) is 24.3 Å². The minimum absolute atomic E-state index is 0.0205. The van der Waals surface area contributed by atoms with Crippen LogP contribution in [0.3, 0.4) is 0 Å². The van der Waals surface area contributed by atoms with Gasteiger partial charge in [-0.2, -0.15) is 0 Å². The number of nitrogens with two attached hydrogens (primary N) is 1. The lowest BCUT2D eigenvalue weighted by Crippen LogP contribution is -2.48. The van der Waals surface area contributed by atoms with Crippen molar-refractivity contribution in [2.45, 2.75) is 26.8 Å². The van der Waals surface area contributed by atoms with E-state index >= 15 is 0 Å². The Labute approximate surface area is 116 Å². The Kier molecular flexibility index (Phi) is 4.94. The van der Waals surface area contributed by atoms with E-state index in [2.05, 4.69) is 48.7 Å². The van der Waals surface area contributed by atoms with Gasteiger partial charge in [0.2, 0.25) is 0 Å². The smallest absolute Gasteiger partial charge is 0.251 e. The standard InChI is InChI=1S/C13H19IN2O/c1-13(2,3)11(8-15)16-12(17)9-5-4-6-10(14)7-9/h4-7,11H,8,15H2,1-3H3,(H,16,17). The summed E-state index contributed by atoms with van der Waals surface area (Å²) >= 11 is 2.19. The van der Waals surface area contributed by atoms with Crippen molar-refractivity contribution >= 4 is 28.5 Å². The molecule has 1 rings (SSSR count). The van der Waals surface area contributed by atoms with E-state index in [0.717, 1.165) is 3.57 Å². The maximum absolute atomic E-state index is 12.0. The lowest BCUT2D eigenvalue weighted by atomic mass is 9.86. The van der Waals surface area contributed by atoms with Crippen molar-refractivity contribution in [2.24, 2.45) is 11.1 Å². The molecule has 0 aromatic heterocycles. The highest BCUT2D eigenvalue weighted by atomic mass is 127. The van der Waals surface area contributed by atoms with E-state index in [4.69, 9.17) is 5.73 Å². The molecule has 17 heavy (non-hydrogen) atoms. The fraction of sp³-hybridized carbons (Fsp3) is 0.462. The topological polar surface area (TPSA) is 55.1 Å². The van der Waals surface area contributed by atoms with Crippen molar-refractivity contribution in [1.29, 1.82) is 0 Å². The first-order valence-electron chi connectivity index (χ1n) is 5.61. The normalized spacial score (nSPS) is 13.2. The molecule has 1 unspecified atom stereocenters. The summed E-state index contributed by atoms with van der Waals surface area (Å²) in [4.78, 5) is 12.0. The summed E-state index contributed by atoms with van der Waals surface area (Å²) in [6, 6.07) is 7.50. The van der Waals surface area contributed by atoms with Crippen molar-refractivity contribution in [3.63, 3.8) is 0 Å². The van der Waals surface area contributed by atoms with E-state index in [0.29, 0.717) is 12.1 Å². The van der Waals surface area contributed by atoms with Crippen LogP contribution < -0.4 is 11.1 Å². The Morgan fingerprint density at radius 1 is 1.47 bits per heavy atom. The van der Waals surface area contributed by atoms with Crippen molar-refractivity contribution in [3.05, 3.63) is 33.4 Å². The molecule has 0 bridgehead atoms. The van der Waals surface area contributed by atoms with Crippen LogP contribution in [-0.2, 0) is 0 Å². The molecule has 0 spiro atoms. The fourth-order valence-electron chi connectivity index (χ4n) is 1.50. The Balaban J connectivity index is 2.78.